The maximum atomic E-state index is 13.4. The third kappa shape index (κ3) is 2.41. The molecule has 0 radical (unpaired) electrons. The van der Waals surface area contributed by atoms with Gasteiger partial charge in [0, 0.05) is 6.04 Å². The minimum Gasteiger partial charge on any atom is -0.381 e. The first-order valence-electron chi connectivity index (χ1n) is 6.21. The zero-order chi connectivity index (χ0) is 12.3. The lowest BCUT2D eigenvalue weighted by atomic mass is 10.00. The van der Waals surface area contributed by atoms with Crippen molar-refractivity contribution < 1.29 is 4.39 Å². The van der Waals surface area contributed by atoms with E-state index in [1.54, 1.807) is 12.1 Å². The van der Waals surface area contributed by atoms with Crippen LogP contribution in [0.2, 0.25) is 0 Å². The minimum atomic E-state index is -0.441. The van der Waals surface area contributed by atoms with Gasteiger partial charge < -0.3 is 5.32 Å². The van der Waals surface area contributed by atoms with Gasteiger partial charge in [-0.15, -0.1) is 0 Å². The van der Waals surface area contributed by atoms with E-state index in [2.05, 4.69) is 12.2 Å². The Morgan fingerprint density at radius 1 is 1.47 bits per heavy atom. The molecule has 1 aliphatic rings. The van der Waals surface area contributed by atoms with Gasteiger partial charge in [0.25, 0.3) is 0 Å². The Hall–Kier alpha value is -1.56. The van der Waals surface area contributed by atoms with Crippen LogP contribution in [0.25, 0.3) is 0 Å². The molecule has 2 atom stereocenters. The van der Waals surface area contributed by atoms with Crippen LogP contribution in [-0.2, 0) is 0 Å². The summed E-state index contributed by atoms with van der Waals surface area (Å²) in [4.78, 5) is 0. The molecule has 1 saturated carbocycles. The summed E-state index contributed by atoms with van der Waals surface area (Å²) in [5.74, 6) is 0.202. The molecular weight excluding hydrogens is 215 g/mol. The topological polar surface area (TPSA) is 35.8 Å². The van der Waals surface area contributed by atoms with E-state index in [-0.39, 0.29) is 5.56 Å². The molecule has 0 heterocycles. The third-order valence-electron chi connectivity index (χ3n) is 3.65. The summed E-state index contributed by atoms with van der Waals surface area (Å²) < 4.78 is 13.4. The van der Waals surface area contributed by atoms with Crippen LogP contribution in [0.1, 0.15) is 38.2 Å². The van der Waals surface area contributed by atoms with Gasteiger partial charge in [0.05, 0.1) is 5.69 Å². The van der Waals surface area contributed by atoms with Crippen LogP contribution in [-0.4, -0.2) is 6.04 Å². The highest BCUT2D eigenvalue weighted by Crippen LogP contribution is 2.31. The first-order valence-corrected chi connectivity index (χ1v) is 6.21. The van der Waals surface area contributed by atoms with Crippen molar-refractivity contribution in [3.05, 3.63) is 29.6 Å². The molecule has 1 fully saturated rings. The Kier molecular flexibility index (Phi) is 3.63. The number of halogens is 1. The highest BCUT2D eigenvalue weighted by molar-refractivity contribution is 5.58. The molecule has 0 amide bonds. The predicted molar refractivity (Wildman–Crippen MR) is 66.2 cm³/mol. The summed E-state index contributed by atoms with van der Waals surface area (Å²) in [6.45, 7) is 2.18. The highest BCUT2D eigenvalue weighted by atomic mass is 19.1. The second-order valence-corrected chi connectivity index (χ2v) is 4.62. The number of nitrogens with zero attached hydrogens (tertiary/aromatic N) is 1. The maximum absolute atomic E-state index is 13.4. The molecule has 1 aromatic carbocycles. The van der Waals surface area contributed by atoms with Crippen LogP contribution in [0.15, 0.2) is 18.2 Å². The normalized spacial score (nSPS) is 23.4. The van der Waals surface area contributed by atoms with Crippen LogP contribution >= 0.6 is 0 Å². The lowest BCUT2D eigenvalue weighted by Crippen LogP contribution is -2.24. The number of benzene rings is 1. The molecule has 90 valence electrons. The second-order valence-electron chi connectivity index (χ2n) is 4.62. The van der Waals surface area contributed by atoms with Crippen molar-refractivity contribution in [3.63, 3.8) is 0 Å². The Bertz CT molecular complexity index is 436. The van der Waals surface area contributed by atoms with E-state index in [9.17, 15) is 4.39 Å². The Labute approximate surface area is 101 Å². The number of nitrogens with one attached hydrogen (secondary N) is 1. The first kappa shape index (κ1) is 11.9. The summed E-state index contributed by atoms with van der Waals surface area (Å²) in [5, 5.41) is 12.3. The van der Waals surface area contributed by atoms with Crippen molar-refractivity contribution in [2.75, 3.05) is 5.32 Å². The quantitative estimate of drug-likeness (QED) is 0.862. The maximum Gasteiger partial charge on any atom is 0.143 e. The van der Waals surface area contributed by atoms with Gasteiger partial charge >= 0.3 is 0 Å². The first-order chi connectivity index (χ1) is 8.26. The lowest BCUT2D eigenvalue weighted by Gasteiger charge is -2.21. The molecule has 1 aliphatic carbocycles. The van der Waals surface area contributed by atoms with Gasteiger partial charge in [-0.1, -0.05) is 25.8 Å². The lowest BCUT2D eigenvalue weighted by molar-refractivity contribution is 0.488. The molecule has 1 aromatic rings. The zero-order valence-electron chi connectivity index (χ0n) is 10.0. The average molecular weight is 232 g/mol. The SMILES string of the molecule is CCC1CCCC1Nc1cccc(F)c1C#N. The molecule has 0 aliphatic heterocycles. The zero-order valence-corrected chi connectivity index (χ0v) is 10.0. The third-order valence-corrected chi connectivity index (χ3v) is 3.65. The molecule has 2 rings (SSSR count). The number of rotatable bonds is 3. The molecule has 1 N–H and O–H groups in total. The van der Waals surface area contributed by atoms with Gasteiger partial charge in [-0.2, -0.15) is 5.26 Å². The van der Waals surface area contributed by atoms with Crippen molar-refractivity contribution in [2.45, 2.75) is 38.6 Å². The molecule has 0 bridgehead atoms. The molecular formula is C14H17FN2. The fourth-order valence-corrected chi connectivity index (χ4v) is 2.67. The van der Waals surface area contributed by atoms with E-state index in [0.29, 0.717) is 17.6 Å². The predicted octanol–water partition coefficient (Wildman–Crippen LogP) is 3.69. The summed E-state index contributed by atoms with van der Waals surface area (Å²) in [6, 6.07) is 7.08. The van der Waals surface area contributed by atoms with E-state index in [4.69, 9.17) is 5.26 Å². The van der Waals surface area contributed by atoms with Crippen molar-refractivity contribution in [1.82, 2.24) is 0 Å². The van der Waals surface area contributed by atoms with E-state index < -0.39 is 5.82 Å². The fraction of sp³-hybridized carbons (Fsp3) is 0.500. The molecule has 0 spiro atoms. The molecule has 17 heavy (non-hydrogen) atoms. The Morgan fingerprint density at radius 3 is 3.00 bits per heavy atom. The van der Waals surface area contributed by atoms with Gasteiger partial charge in [0.15, 0.2) is 0 Å². The van der Waals surface area contributed by atoms with Crippen LogP contribution < -0.4 is 5.32 Å². The van der Waals surface area contributed by atoms with Gasteiger partial charge in [0.2, 0.25) is 0 Å². The molecule has 2 nitrogen and oxygen atoms in total. The summed E-state index contributed by atoms with van der Waals surface area (Å²) in [5.41, 5.74) is 0.770. The summed E-state index contributed by atoms with van der Waals surface area (Å²) >= 11 is 0. The van der Waals surface area contributed by atoms with E-state index in [1.165, 1.54) is 18.9 Å². The van der Waals surface area contributed by atoms with Gasteiger partial charge in [-0.25, -0.2) is 4.39 Å². The van der Waals surface area contributed by atoms with Gasteiger partial charge in [-0.05, 0) is 30.9 Å². The molecule has 0 aromatic heterocycles. The summed E-state index contributed by atoms with van der Waals surface area (Å²) in [7, 11) is 0. The molecule has 3 heteroatoms. The second kappa shape index (κ2) is 5.18. The average Bonchev–Trinajstić information content (AvgIpc) is 2.77. The highest BCUT2D eigenvalue weighted by Gasteiger charge is 2.26. The van der Waals surface area contributed by atoms with Crippen LogP contribution in [0.3, 0.4) is 0 Å². The van der Waals surface area contributed by atoms with Crippen molar-refractivity contribution >= 4 is 5.69 Å². The van der Waals surface area contributed by atoms with E-state index in [0.717, 1.165) is 12.8 Å². The van der Waals surface area contributed by atoms with Crippen LogP contribution in [0, 0.1) is 23.1 Å². The summed E-state index contributed by atoms with van der Waals surface area (Å²) in [6.07, 6.45) is 4.69. The van der Waals surface area contributed by atoms with Crippen molar-refractivity contribution in [1.29, 1.82) is 5.26 Å². The number of hydrogen-bond donors (Lipinski definition) is 1. The number of anilines is 1. The van der Waals surface area contributed by atoms with Crippen molar-refractivity contribution in [2.24, 2.45) is 5.92 Å². The number of hydrogen-bond acceptors (Lipinski definition) is 2. The Balaban J connectivity index is 2.19. The Morgan fingerprint density at radius 2 is 2.29 bits per heavy atom. The monoisotopic (exact) mass is 232 g/mol. The van der Waals surface area contributed by atoms with Crippen LogP contribution in [0.4, 0.5) is 10.1 Å². The standard InChI is InChI=1S/C14H17FN2/c1-2-10-5-3-7-13(10)17-14-8-4-6-12(15)11(14)9-16/h4,6,8,10,13,17H,2-3,5,7H2,1H3. The largest absolute Gasteiger partial charge is 0.381 e. The van der Waals surface area contributed by atoms with Crippen LogP contribution in [0.5, 0.6) is 0 Å². The van der Waals surface area contributed by atoms with E-state index >= 15 is 0 Å². The molecule has 0 saturated heterocycles. The minimum absolute atomic E-state index is 0.134. The van der Waals surface area contributed by atoms with Gasteiger partial charge in [-0.3, -0.25) is 0 Å². The molecule has 2 unspecified atom stereocenters. The smallest absolute Gasteiger partial charge is 0.143 e. The fourth-order valence-electron chi connectivity index (χ4n) is 2.67. The van der Waals surface area contributed by atoms with Crippen molar-refractivity contribution in [3.8, 4) is 6.07 Å². The van der Waals surface area contributed by atoms with E-state index in [1.807, 2.05) is 6.07 Å². The van der Waals surface area contributed by atoms with Gasteiger partial charge in [0.1, 0.15) is 17.4 Å². The number of nitriles is 1.